The van der Waals surface area contributed by atoms with Gasteiger partial charge in [0, 0.05) is 14.2 Å². The lowest BCUT2D eigenvalue weighted by molar-refractivity contribution is -0.458. The van der Waals surface area contributed by atoms with Gasteiger partial charge >= 0.3 is 0 Å². The normalized spacial score (nSPS) is 40.5. The van der Waals surface area contributed by atoms with Crippen LogP contribution < -0.4 is 0 Å². The molecule has 0 aromatic heterocycles. The zero-order valence-corrected chi connectivity index (χ0v) is 19.0. The minimum absolute atomic E-state index is 0.00704. The van der Waals surface area contributed by atoms with Gasteiger partial charge in [0.25, 0.3) is 0 Å². The first-order valence-electron chi connectivity index (χ1n) is 9.38. The van der Waals surface area contributed by atoms with E-state index < -0.39 is 44.3 Å². The average Bonchev–Trinajstić information content (AvgIpc) is 2.58. The van der Waals surface area contributed by atoms with Gasteiger partial charge in [-0.2, -0.15) is 0 Å². The van der Waals surface area contributed by atoms with E-state index in [1.807, 2.05) is 0 Å². The van der Waals surface area contributed by atoms with Crippen LogP contribution in [-0.4, -0.2) is 75.3 Å². The van der Waals surface area contributed by atoms with Crippen molar-refractivity contribution in [2.45, 2.75) is 88.7 Å². The van der Waals surface area contributed by atoms with Gasteiger partial charge in [0.1, 0.15) is 18.3 Å². The molecule has 0 aromatic rings. The smallest absolute Gasteiger partial charge is 0.220 e. The van der Waals surface area contributed by atoms with E-state index in [0.29, 0.717) is 5.57 Å². The molecule has 1 aliphatic heterocycles. The van der Waals surface area contributed by atoms with Crippen LogP contribution in [0.25, 0.3) is 0 Å². The van der Waals surface area contributed by atoms with E-state index in [2.05, 4.69) is 33.9 Å². The molecule has 0 amide bonds. The second kappa shape index (κ2) is 7.49. The van der Waals surface area contributed by atoms with Crippen molar-refractivity contribution in [1.29, 1.82) is 0 Å². The highest BCUT2D eigenvalue weighted by Crippen LogP contribution is 2.45. The standard InChI is InChI=1S/C19H36O7Si/c1-17(2,3)27(8,9)26-13-10-12(11-20)14(21)16-15(13)24-18(4,22-6)19(5,23-7)25-16/h10,13-16,20-21H,11H2,1-9H3/t13-,14+,15-,16-,18+,19+/m0/s1. The average molecular weight is 405 g/mol. The van der Waals surface area contributed by atoms with Crippen LogP contribution in [0.2, 0.25) is 18.1 Å². The summed E-state index contributed by atoms with van der Waals surface area (Å²) < 4.78 is 30.2. The Balaban J connectivity index is 2.45. The van der Waals surface area contributed by atoms with Crippen molar-refractivity contribution in [3.63, 3.8) is 0 Å². The summed E-state index contributed by atoms with van der Waals surface area (Å²) in [5.41, 5.74) is 0.461. The van der Waals surface area contributed by atoms with E-state index in [-0.39, 0.29) is 11.6 Å². The summed E-state index contributed by atoms with van der Waals surface area (Å²) in [6.07, 6.45) is -1.08. The number of aliphatic hydroxyl groups excluding tert-OH is 2. The second-order valence-electron chi connectivity index (χ2n) is 9.15. The van der Waals surface area contributed by atoms with Gasteiger partial charge in [0.2, 0.25) is 11.6 Å². The third-order valence-corrected chi connectivity index (χ3v) is 10.9. The van der Waals surface area contributed by atoms with Crippen LogP contribution in [0.4, 0.5) is 0 Å². The second-order valence-corrected chi connectivity index (χ2v) is 13.9. The molecule has 1 fully saturated rings. The first-order valence-corrected chi connectivity index (χ1v) is 12.3. The molecule has 0 radical (unpaired) electrons. The molecular formula is C19H36O7Si. The summed E-state index contributed by atoms with van der Waals surface area (Å²) in [4.78, 5) is 0. The Morgan fingerprint density at radius 1 is 1.07 bits per heavy atom. The lowest BCUT2D eigenvalue weighted by Crippen LogP contribution is -2.70. The van der Waals surface area contributed by atoms with Crippen molar-refractivity contribution in [3.05, 3.63) is 11.6 Å². The van der Waals surface area contributed by atoms with Crippen molar-refractivity contribution in [2.75, 3.05) is 20.8 Å². The largest absolute Gasteiger partial charge is 0.408 e. The van der Waals surface area contributed by atoms with Gasteiger partial charge in [0.15, 0.2) is 8.32 Å². The number of aliphatic hydroxyl groups is 2. The molecule has 2 N–H and O–H groups in total. The predicted molar refractivity (Wildman–Crippen MR) is 104 cm³/mol. The summed E-state index contributed by atoms with van der Waals surface area (Å²) in [5.74, 6) is -2.43. The molecule has 0 aromatic carbocycles. The molecule has 0 unspecified atom stereocenters. The molecule has 1 aliphatic carbocycles. The van der Waals surface area contributed by atoms with Crippen LogP contribution in [0.1, 0.15) is 34.6 Å². The fraction of sp³-hybridized carbons (Fsp3) is 0.895. The van der Waals surface area contributed by atoms with Crippen LogP contribution in [0.15, 0.2) is 11.6 Å². The van der Waals surface area contributed by atoms with E-state index in [1.54, 1.807) is 19.9 Å². The Labute approximate surface area is 163 Å². The van der Waals surface area contributed by atoms with E-state index >= 15 is 0 Å². The summed E-state index contributed by atoms with van der Waals surface area (Å²) in [6, 6.07) is 0. The summed E-state index contributed by atoms with van der Waals surface area (Å²) in [7, 11) is 0.880. The molecule has 0 spiro atoms. The van der Waals surface area contributed by atoms with E-state index in [1.165, 1.54) is 14.2 Å². The van der Waals surface area contributed by atoms with Crippen molar-refractivity contribution in [3.8, 4) is 0 Å². The number of methoxy groups -OCH3 is 2. The van der Waals surface area contributed by atoms with Crippen LogP contribution >= 0.6 is 0 Å². The summed E-state index contributed by atoms with van der Waals surface area (Å²) in [6.45, 7) is 13.9. The molecule has 0 bridgehead atoms. The highest BCUT2D eigenvalue weighted by molar-refractivity contribution is 6.74. The maximum Gasteiger partial charge on any atom is 0.220 e. The van der Waals surface area contributed by atoms with Crippen LogP contribution in [0, 0.1) is 0 Å². The highest BCUT2D eigenvalue weighted by atomic mass is 28.4. The molecule has 7 nitrogen and oxygen atoms in total. The number of hydrogen-bond acceptors (Lipinski definition) is 7. The Hall–Kier alpha value is -0.323. The van der Waals surface area contributed by atoms with Crippen LogP contribution in [0.5, 0.6) is 0 Å². The summed E-state index contributed by atoms with van der Waals surface area (Å²) >= 11 is 0. The molecule has 2 aliphatic rings. The van der Waals surface area contributed by atoms with Crippen LogP contribution in [0.3, 0.4) is 0 Å². The molecule has 1 saturated heterocycles. The molecule has 1 heterocycles. The monoisotopic (exact) mass is 404 g/mol. The third-order valence-electron chi connectivity index (χ3n) is 6.46. The minimum atomic E-state index is -2.15. The van der Waals surface area contributed by atoms with E-state index in [4.69, 9.17) is 23.4 Å². The van der Waals surface area contributed by atoms with Gasteiger partial charge in [-0.15, -0.1) is 0 Å². The molecule has 8 heteroatoms. The third kappa shape index (κ3) is 3.91. The molecular weight excluding hydrogens is 368 g/mol. The zero-order chi connectivity index (χ0) is 20.8. The summed E-state index contributed by atoms with van der Waals surface area (Å²) in [5, 5.41) is 20.5. The fourth-order valence-corrected chi connectivity index (χ4v) is 4.45. The van der Waals surface area contributed by atoms with Crippen LogP contribution in [-0.2, 0) is 23.4 Å². The Morgan fingerprint density at radius 3 is 1.96 bits per heavy atom. The van der Waals surface area contributed by atoms with Gasteiger partial charge in [-0.05, 0) is 37.6 Å². The fourth-order valence-electron chi connectivity index (χ4n) is 3.21. The molecule has 158 valence electrons. The topological polar surface area (TPSA) is 86.6 Å². The molecule has 0 saturated carbocycles. The number of fused-ring (bicyclic) bond motifs is 1. The highest BCUT2D eigenvalue weighted by Gasteiger charge is 2.61. The van der Waals surface area contributed by atoms with Gasteiger partial charge in [-0.25, -0.2) is 0 Å². The first-order chi connectivity index (χ1) is 12.2. The van der Waals surface area contributed by atoms with Crippen molar-refractivity contribution < 1.29 is 33.6 Å². The lowest BCUT2D eigenvalue weighted by Gasteiger charge is -2.56. The Bertz CT molecular complexity index is 573. The predicted octanol–water partition coefficient (Wildman–Crippen LogP) is 2.18. The van der Waals surface area contributed by atoms with Gasteiger partial charge < -0.3 is 33.6 Å². The number of ether oxygens (including phenoxy) is 4. The first kappa shape index (κ1) is 23.0. The number of hydrogen-bond donors (Lipinski definition) is 2. The Kier molecular flexibility index (Phi) is 6.37. The number of rotatable bonds is 5. The molecule has 27 heavy (non-hydrogen) atoms. The SMILES string of the molecule is CO[C@]1(C)O[C@@H]2[C@@H](O[C@@]1(C)OC)[C@H](O)C(CO)=C[C@@H]2O[Si](C)(C)C(C)(C)C. The maximum atomic E-state index is 10.7. The molecule has 2 rings (SSSR count). The van der Waals surface area contributed by atoms with Gasteiger partial charge in [0.05, 0.1) is 12.7 Å². The quantitative estimate of drug-likeness (QED) is 0.536. The van der Waals surface area contributed by atoms with Crippen molar-refractivity contribution >= 4 is 8.32 Å². The van der Waals surface area contributed by atoms with Gasteiger partial charge in [-0.1, -0.05) is 26.8 Å². The van der Waals surface area contributed by atoms with Crippen molar-refractivity contribution in [2.24, 2.45) is 0 Å². The minimum Gasteiger partial charge on any atom is -0.408 e. The zero-order valence-electron chi connectivity index (χ0n) is 18.0. The molecule has 6 atom stereocenters. The van der Waals surface area contributed by atoms with Gasteiger partial charge in [-0.3, -0.25) is 0 Å². The van der Waals surface area contributed by atoms with E-state index in [9.17, 15) is 10.2 Å². The lowest BCUT2D eigenvalue weighted by atomic mass is 9.87. The maximum absolute atomic E-state index is 10.7. The van der Waals surface area contributed by atoms with E-state index in [0.717, 1.165) is 0 Å². The van der Waals surface area contributed by atoms with Crippen molar-refractivity contribution in [1.82, 2.24) is 0 Å². The Morgan fingerprint density at radius 2 is 1.56 bits per heavy atom.